The zero-order valence-corrected chi connectivity index (χ0v) is 14.6. The van der Waals surface area contributed by atoms with Crippen LogP contribution in [0.15, 0.2) is 18.5 Å². The molecule has 1 saturated heterocycles. The number of nitrogens with zero attached hydrogens (tertiary/aromatic N) is 1. The van der Waals surface area contributed by atoms with Gasteiger partial charge in [0.15, 0.2) is 14.5 Å². The zero-order chi connectivity index (χ0) is 16.7. The third kappa shape index (κ3) is 3.06. The van der Waals surface area contributed by atoms with Crippen molar-refractivity contribution in [2.75, 3.05) is 5.73 Å². The van der Waals surface area contributed by atoms with Crippen LogP contribution in [0.2, 0.25) is 19.6 Å². The molecule has 0 aliphatic carbocycles. The number of hydrogen-bond acceptors (Lipinski definition) is 5. The molecular formula is C15H23FN2O3Si. The van der Waals surface area contributed by atoms with E-state index in [1.807, 2.05) is 19.6 Å². The number of alkyl halides is 1. The average molecular weight is 326 g/mol. The first-order valence-corrected chi connectivity index (χ1v) is 10.7. The minimum Gasteiger partial charge on any atom is -0.403 e. The molecule has 1 fully saturated rings. The van der Waals surface area contributed by atoms with Gasteiger partial charge < -0.3 is 14.9 Å². The summed E-state index contributed by atoms with van der Waals surface area (Å²) < 4.78 is 26.5. The fraction of sp³-hybridized carbons (Fsp3) is 0.600. The molecule has 2 rings (SSSR count). The van der Waals surface area contributed by atoms with Crippen LogP contribution in [0, 0.1) is 0 Å². The SMILES string of the molecule is C[C@H]1O[C@@H](c2ccncc2N)[C@H](F)C(=O)[C@]1(C)O[Si](C)(C)C. The average Bonchev–Trinajstić information content (AvgIpc) is 2.40. The highest BCUT2D eigenvalue weighted by atomic mass is 28.4. The number of ketones is 1. The highest BCUT2D eigenvalue weighted by Crippen LogP contribution is 2.40. The van der Waals surface area contributed by atoms with E-state index < -0.39 is 38.1 Å². The number of hydrogen-bond donors (Lipinski definition) is 1. The number of Topliss-reactive ketones (excluding diaryl/α,β-unsaturated/α-hetero) is 1. The fourth-order valence-corrected chi connectivity index (χ4v) is 4.25. The first kappa shape index (κ1) is 17.0. The predicted molar refractivity (Wildman–Crippen MR) is 84.7 cm³/mol. The lowest BCUT2D eigenvalue weighted by atomic mass is 9.85. The molecule has 1 aliphatic rings. The van der Waals surface area contributed by atoms with Gasteiger partial charge in [0, 0.05) is 11.8 Å². The molecule has 2 N–H and O–H groups in total. The number of carbonyl (C=O) groups is 1. The predicted octanol–water partition coefficient (Wildman–Crippen LogP) is 2.64. The van der Waals surface area contributed by atoms with Crippen molar-refractivity contribution in [2.24, 2.45) is 0 Å². The molecule has 122 valence electrons. The first-order chi connectivity index (χ1) is 10.1. The van der Waals surface area contributed by atoms with E-state index in [2.05, 4.69) is 4.98 Å². The van der Waals surface area contributed by atoms with Crippen LogP contribution in [0.3, 0.4) is 0 Å². The van der Waals surface area contributed by atoms with E-state index in [9.17, 15) is 9.18 Å². The van der Waals surface area contributed by atoms with Crippen molar-refractivity contribution in [2.45, 2.75) is 57.5 Å². The van der Waals surface area contributed by atoms with Crippen LogP contribution in [-0.2, 0) is 14.0 Å². The summed E-state index contributed by atoms with van der Waals surface area (Å²) in [5, 5.41) is 0. The van der Waals surface area contributed by atoms with E-state index in [0.29, 0.717) is 11.3 Å². The second kappa shape index (κ2) is 5.71. The molecule has 0 amide bonds. The lowest BCUT2D eigenvalue weighted by molar-refractivity contribution is -0.189. The van der Waals surface area contributed by atoms with Crippen molar-refractivity contribution in [3.63, 3.8) is 0 Å². The molecule has 5 nitrogen and oxygen atoms in total. The molecule has 0 aromatic carbocycles. The van der Waals surface area contributed by atoms with Gasteiger partial charge in [-0.15, -0.1) is 0 Å². The molecule has 4 atom stereocenters. The van der Waals surface area contributed by atoms with Gasteiger partial charge in [0.2, 0.25) is 5.78 Å². The summed E-state index contributed by atoms with van der Waals surface area (Å²) >= 11 is 0. The molecule has 7 heteroatoms. The number of halogens is 1. The minimum atomic E-state index is -2.04. The number of pyridine rings is 1. The van der Waals surface area contributed by atoms with Gasteiger partial charge in [-0.1, -0.05) is 0 Å². The maximum absolute atomic E-state index is 14.7. The largest absolute Gasteiger partial charge is 0.403 e. The molecule has 0 spiro atoms. The van der Waals surface area contributed by atoms with E-state index in [1.54, 1.807) is 19.9 Å². The van der Waals surface area contributed by atoms with Crippen LogP contribution in [0.25, 0.3) is 0 Å². The van der Waals surface area contributed by atoms with Crippen molar-refractivity contribution >= 4 is 19.8 Å². The van der Waals surface area contributed by atoms with Crippen molar-refractivity contribution in [1.82, 2.24) is 4.98 Å². The van der Waals surface area contributed by atoms with Gasteiger partial charge in [0.05, 0.1) is 18.0 Å². The van der Waals surface area contributed by atoms with Crippen LogP contribution in [0.1, 0.15) is 25.5 Å². The summed E-state index contributed by atoms with van der Waals surface area (Å²) in [4.78, 5) is 16.5. The lowest BCUT2D eigenvalue weighted by Crippen LogP contribution is -2.61. The zero-order valence-electron chi connectivity index (χ0n) is 13.6. The van der Waals surface area contributed by atoms with Gasteiger partial charge in [0.1, 0.15) is 11.7 Å². The van der Waals surface area contributed by atoms with Gasteiger partial charge in [-0.25, -0.2) is 4.39 Å². The topological polar surface area (TPSA) is 74.4 Å². The molecule has 2 heterocycles. The van der Waals surface area contributed by atoms with Gasteiger partial charge >= 0.3 is 0 Å². The summed E-state index contributed by atoms with van der Waals surface area (Å²) in [5.41, 5.74) is 5.31. The van der Waals surface area contributed by atoms with Crippen LogP contribution >= 0.6 is 0 Å². The molecule has 1 aromatic heterocycles. The van der Waals surface area contributed by atoms with Gasteiger partial charge in [-0.2, -0.15) is 0 Å². The van der Waals surface area contributed by atoms with Crippen LogP contribution in [0.5, 0.6) is 0 Å². The number of carbonyl (C=O) groups excluding carboxylic acids is 1. The third-order valence-electron chi connectivity index (χ3n) is 3.84. The Morgan fingerprint density at radius 1 is 1.45 bits per heavy atom. The Hall–Kier alpha value is -1.31. The number of nitrogens with two attached hydrogens (primary N) is 1. The monoisotopic (exact) mass is 326 g/mol. The molecule has 0 bridgehead atoms. The summed E-state index contributed by atoms with van der Waals surface area (Å²) in [5.74, 6) is -0.588. The Labute approximate surface area is 131 Å². The van der Waals surface area contributed by atoms with Gasteiger partial charge in [0.25, 0.3) is 0 Å². The quantitative estimate of drug-likeness (QED) is 0.864. The smallest absolute Gasteiger partial charge is 0.202 e. The van der Waals surface area contributed by atoms with E-state index in [4.69, 9.17) is 14.9 Å². The maximum Gasteiger partial charge on any atom is 0.202 e. The highest BCUT2D eigenvalue weighted by molar-refractivity contribution is 6.70. The van der Waals surface area contributed by atoms with Crippen LogP contribution in [0.4, 0.5) is 10.1 Å². The van der Waals surface area contributed by atoms with E-state index >= 15 is 0 Å². The van der Waals surface area contributed by atoms with Crippen molar-refractivity contribution in [3.8, 4) is 0 Å². The number of anilines is 1. The number of nitrogen functional groups attached to an aromatic ring is 1. The summed E-state index contributed by atoms with van der Waals surface area (Å²) in [6.07, 6.45) is -0.488. The van der Waals surface area contributed by atoms with Crippen molar-refractivity contribution in [3.05, 3.63) is 24.0 Å². The summed E-state index contributed by atoms with van der Waals surface area (Å²) in [7, 11) is -2.04. The molecule has 1 aliphatic heterocycles. The standard InChI is InChI=1S/C15H23FN2O3Si/c1-9-15(2,21-22(3,4)5)14(19)12(16)13(20-9)10-6-7-18-8-11(10)17/h6-9,12-13H,17H2,1-5H3/t9-,12+,13+,15-/m1/s1. The molecule has 1 aromatic rings. The van der Waals surface area contributed by atoms with Crippen molar-refractivity contribution < 1.29 is 18.3 Å². The highest BCUT2D eigenvalue weighted by Gasteiger charge is 2.54. The Balaban J connectivity index is 2.34. The molecule has 0 unspecified atom stereocenters. The molecular weight excluding hydrogens is 303 g/mol. The van der Waals surface area contributed by atoms with E-state index in [0.717, 1.165) is 0 Å². The number of aromatic nitrogens is 1. The van der Waals surface area contributed by atoms with E-state index in [1.165, 1.54) is 12.4 Å². The normalized spacial score (nSPS) is 33.0. The lowest BCUT2D eigenvalue weighted by Gasteiger charge is -2.45. The van der Waals surface area contributed by atoms with Crippen LogP contribution in [-0.4, -0.2) is 37.0 Å². The van der Waals surface area contributed by atoms with Crippen LogP contribution < -0.4 is 5.73 Å². The maximum atomic E-state index is 14.7. The second-order valence-electron chi connectivity index (χ2n) is 6.79. The first-order valence-electron chi connectivity index (χ1n) is 7.29. The Morgan fingerprint density at radius 3 is 2.64 bits per heavy atom. The summed E-state index contributed by atoms with van der Waals surface area (Å²) in [6.45, 7) is 9.21. The Morgan fingerprint density at radius 2 is 2.09 bits per heavy atom. The van der Waals surface area contributed by atoms with Gasteiger partial charge in [-0.05, 0) is 39.6 Å². The van der Waals surface area contributed by atoms with Crippen molar-refractivity contribution in [1.29, 1.82) is 0 Å². The molecule has 0 radical (unpaired) electrons. The minimum absolute atomic E-state index is 0.310. The Bertz CT molecular complexity index is 578. The molecule has 0 saturated carbocycles. The second-order valence-corrected chi connectivity index (χ2v) is 11.2. The Kier molecular flexibility index (Phi) is 4.43. The van der Waals surface area contributed by atoms with E-state index in [-0.39, 0.29) is 0 Å². The number of rotatable bonds is 3. The number of ether oxygens (including phenoxy) is 1. The molecule has 22 heavy (non-hydrogen) atoms. The third-order valence-corrected chi connectivity index (χ3v) is 4.88. The fourth-order valence-electron chi connectivity index (χ4n) is 2.71. The van der Waals surface area contributed by atoms with Gasteiger partial charge in [-0.3, -0.25) is 9.78 Å². The summed E-state index contributed by atoms with van der Waals surface area (Å²) in [6, 6.07) is 1.58.